The summed E-state index contributed by atoms with van der Waals surface area (Å²) in [6, 6.07) is 10.9. The molecule has 1 heterocycles. The number of carboxylic acids is 1. The lowest BCUT2D eigenvalue weighted by atomic mass is 10.1. The van der Waals surface area contributed by atoms with E-state index >= 15 is 0 Å². The molecule has 1 aromatic heterocycles. The molecule has 18 heavy (non-hydrogen) atoms. The van der Waals surface area contributed by atoms with Crippen LogP contribution in [0.4, 0.5) is 0 Å². The van der Waals surface area contributed by atoms with Crippen molar-refractivity contribution in [2.45, 2.75) is 19.4 Å². The Morgan fingerprint density at radius 3 is 2.50 bits per heavy atom. The molecule has 94 valence electrons. The third-order valence-electron chi connectivity index (χ3n) is 2.94. The number of carbonyl (C=O) groups is 1. The molecule has 0 aliphatic rings. The molecule has 2 aromatic rings. The van der Waals surface area contributed by atoms with Crippen molar-refractivity contribution >= 4 is 5.97 Å². The van der Waals surface area contributed by atoms with Gasteiger partial charge in [-0.2, -0.15) is 0 Å². The third kappa shape index (κ3) is 2.60. The van der Waals surface area contributed by atoms with E-state index < -0.39 is 12.0 Å². The molecule has 0 bridgehead atoms. The smallest absolute Gasteiger partial charge is 0.320 e. The molecule has 3 N–H and O–H groups in total. The van der Waals surface area contributed by atoms with Gasteiger partial charge in [-0.1, -0.05) is 12.1 Å². The fraction of sp³-hybridized carbons (Fsp3) is 0.214. The summed E-state index contributed by atoms with van der Waals surface area (Å²) >= 11 is 0. The van der Waals surface area contributed by atoms with Crippen molar-refractivity contribution in [2.75, 3.05) is 0 Å². The number of nitrogens with two attached hydrogens (primary N) is 1. The first-order valence-corrected chi connectivity index (χ1v) is 5.79. The normalized spacial score (nSPS) is 12.3. The Morgan fingerprint density at radius 2 is 2.00 bits per heavy atom. The molecule has 0 saturated heterocycles. The fourth-order valence-corrected chi connectivity index (χ4v) is 1.89. The van der Waals surface area contributed by atoms with Crippen LogP contribution in [0.5, 0.6) is 0 Å². The average molecular weight is 244 g/mol. The van der Waals surface area contributed by atoms with Gasteiger partial charge in [0, 0.05) is 17.6 Å². The van der Waals surface area contributed by atoms with Crippen LogP contribution >= 0.6 is 0 Å². The minimum absolute atomic E-state index is 0.347. The predicted molar refractivity (Wildman–Crippen MR) is 69.8 cm³/mol. The second-order valence-corrected chi connectivity index (χ2v) is 4.33. The fourth-order valence-electron chi connectivity index (χ4n) is 1.89. The Labute approximate surface area is 106 Å². The summed E-state index contributed by atoms with van der Waals surface area (Å²) in [7, 11) is 0. The molecule has 0 radical (unpaired) electrons. The van der Waals surface area contributed by atoms with Crippen LogP contribution in [0.3, 0.4) is 0 Å². The van der Waals surface area contributed by atoms with Crippen LogP contribution in [0.25, 0.3) is 5.69 Å². The van der Waals surface area contributed by atoms with Crippen molar-refractivity contribution in [1.29, 1.82) is 0 Å². The summed E-state index contributed by atoms with van der Waals surface area (Å²) in [6.07, 6.45) is 2.34. The summed E-state index contributed by atoms with van der Waals surface area (Å²) in [4.78, 5) is 10.7. The Bertz CT molecular complexity index is 543. The van der Waals surface area contributed by atoms with Crippen LogP contribution in [-0.2, 0) is 11.2 Å². The molecule has 4 nitrogen and oxygen atoms in total. The molecule has 4 heteroatoms. The molecule has 0 saturated carbocycles. The maximum absolute atomic E-state index is 10.7. The van der Waals surface area contributed by atoms with Gasteiger partial charge < -0.3 is 15.4 Å². The number of nitrogens with zero attached hydrogens (tertiary/aromatic N) is 1. The van der Waals surface area contributed by atoms with E-state index in [1.807, 2.05) is 49.5 Å². The summed E-state index contributed by atoms with van der Waals surface area (Å²) in [5.74, 6) is -0.972. The number of carboxylic acid groups (broad SMARTS) is 1. The second kappa shape index (κ2) is 5.06. The minimum atomic E-state index is -0.972. The summed E-state index contributed by atoms with van der Waals surface area (Å²) in [5.41, 5.74) is 8.65. The maximum Gasteiger partial charge on any atom is 0.320 e. The first-order valence-electron chi connectivity index (χ1n) is 5.79. The van der Waals surface area contributed by atoms with Crippen LogP contribution in [0.15, 0.2) is 42.6 Å². The SMILES string of the molecule is Cc1cccn1-c1ccc(C[C@H](N)C(=O)O)cc1. The molecular formula is C14H16N2O2. The molecule has 0 spiro atoms. The predicted octanol–water partition coefficient (Wildman–Crippen LogP) is 1.74. The van der Waals surface area contributed by atoms with Gasteiger partial charge in [-0.25, -0.2) is 0 Å². The van der Waals surface area contributed by atoms with E-state index in [-0.39, 0.29) is 0 Å². The number of hydrogen-bond acceptors (Lipinski definition) is 2. The van der Waals surface area contributed by atoms with Crippen molar-refractivity contribution in [3.63, 3.8) is 0 Å². The van der Waals surface area contributed by atoms with E-state index in [1.54, 1.807) is 0 Å². The van der Waals surface area contributed by atoms with Crippen LogP contribution in [0.1, 0.15) is 11.3 Å². The van der Waals surface area contributed by atoms with E-state index in [0.717, 1.165) is 16.9 Å². The molecule has 0 unspecified atom stereocenters. The number of rotatable bonds is 4. The van der Waals surface area contributed by atoms with Gasteiger partial charge in [-0.3, -0.25) is 4.79 Å². The number of aliphatic carboxylic acids is 1. The monoisotopic (exact) mass is 244 g/mol. The van der Waals surface area contributed by atoms with Crippen molar-refractivity contribution in [3.8, 4) is 5.69 Å². The summed E-state index contributed by atoms with van der Waals surface area (Å²) in [5, 5.41) is 8.76. The standard InChI is InChI=1S/C14H16N2O2/c1-10-3-2-8-16(10)12-6-4-11(5-7-12)9-13(15)14(17)18/h2-8,13H,9,15H2,1H3,(H,17,18)/t13-/m0/s1. The lowest BCUT2D eigenvalue weighted by Gasteiger charge is -2.09. The number of hydrogen-bond donors (Lipinski definition) is 2. The first kappa shape index (κ1) is 12.4. The highest BCUT2D eigenvalue weighted by Gasteiger charge is 2.11. The van der Waals surface area contributed by atoms with Crippen LogP contribution in [0.2, 0.25) is 0 Å². The number of benzene rings is 1. The Balaban J connectivity index is 2.16. The average Bonchev–Trinajstić information content (AvgIpc) is 2.76. The zero-order valence-electron chi connectivity index (χ0n) is 10.2. The largest absolute Gasteiger partial charge is 0.480 e. The summed E-state index contributed by atoms with van der Waals surface area (Å²) < 4.78 is 2.07. The van der Waals surface area contributed by atoms with Gasteiger partial charge in [-0.15, -0.1) is 0 Å². The molecular weight excluding hydrogens is 228 g/mol. The van der Waals surface area contributed by atoms with E-state index in [2.05, 4.69) is 4.57 Å². The van der Waals surface area contributed by atoms with E-state index in [0.29, 0.717) is 6.42 Å². The quantitative estimate of drug-likeness (QED) is 0.860. The lowest BCUT2D eigenvalue weighted by molar-refractivity contribution is -0.138. The zero-order valence-corrected chi connectivity index (χ0v) is 10.2. The highest BCUT2D eigenvalue weighted by molar-refractivity contribution is 5.73. The topological polar surface area (TPSA) is 68.2 Å². The molecule has 1 aromatic carbocycles. The van der Waals surface area contributed by atoms with E-state index in [1.165, 1.54) is 0 Å². The van der Waals surface area contributed by atoms with E-state index in [4.69, 9.17) is 10.8 Å². The highest BCUT2D eigenvalue weighted by atomic mass is 16.4. The second-order valence-electron chi connectivity index (χ2n) is 4.33. The van der Waals surface area contributed by atoms with Gasteiger partial charge >= 0.3 is 5.97 Å². The molecule has 0 aliphatic heterocycles. The van der Waals surface area contributed by atoms with Crippen molar-refractivity contribution < 1.29 is 9.90 Å². The van der Waals surface area contributed by atoms with Crippen LogP contribution in [-0.4, -0.2) is 21.7 Å². The minimum Gasteiger partial charge on any atom is -0.480 e. The molecule has 0 fully saturated rings. The van der Waals surface area contributed by atoms with Crippen molar-refractivity contribution in [2.24, 2.45) is 5.73 Å². The molecule has 1 atom stereocenters. The van der Waals surface area contributed by atoms with Crippen LogP contribution < -0.4 is 5.73 Å². The Kier molecular flexibility index (Phi) is 3.48. The zero-order chi connectivity index (χ0) is 13.1. The van der Waals surface area contributed by atoms with Gasteiger partial charge in [0.05, 0.1) is 0 Å². The van der Waals surface area contributed by atoms with Gasteiger partial charge in [-0.05, 0) is 43.2 Å². The van der Waals surface area contributed by atoms with Gasteiger partial charge in [0.2, 0.25) is 0 Å². The maximum atomic E-state index is 10.7. The highest BCUT2D eigenvalue weighted by Crippen LogP contribution is 2.13. The van der Waals surface area contributed by atoms with Gasteiger partial charge in [0.1, 0.15) is 6.04 Å². The molecule has 0 amide bonds. The first-order chi connectivity index (χ1) is 8.58. The number of aryl methyl sites for hydroxylation is 1. The number of aromatic nitrogens is 1. The van der Waals surface area contributed by atoms with E-state index in [9.17, 15) is 4.79 Å². The lowest BCUT2D eigenvalue weighted by Crippen LogP contribution is -2.32. The third-order valence-corrected chi connectivity index (χ3v) is 2.94. The Morgan fingerprint density at radius 1 is 1.33 bits per heavy atom. The van der Waals surface area contributed by atoms with Crippen molar-refractivity contribution in [3.05, 3.63) is 53.9 Å². The van der Waals surface area contributed by atoms with Gasteiger partial charge in [0.25, 0.3) is 0 Å². The van der Waals surface area contributed by atoms with Gasteiger partial charge in [0.15, 0.2) is 0 Å². The van der Waals surface area contributed by atoms with Crippen molar-refractivity contribution in [1.82, 2.24) is 4.57 Å². The Hall–Kier alpha value is -2.07. The molecule has 2 rings (SSSR count). The van der Waals surface area contributed by atoms with Crippen LogP contribution in [0, 0.1) is 6.92 Å². The molecule has 0 aliphatic carbocycles. The summed E-state index contributed by atoms with van der Waals surface area (Å²) in [6.45, 7) is 2.04.